The van der Waals surface area contributed by atoms with E-state index in [4.69, 9.17) is 16.3 Å². The number of hydrogen-bond acceptors (Lipinski definition) is 5. The summed E-state index contributed by atoms with van der Waals surface area (Å²) in [7, 11) is 1.69. The third-order valence-corrected chi connectivity index (χ3v) is 9.42. The molecule has 2 bridgehead atoms. The fraction of sp³-hybridized carbons (Fsp3) is 0.581. The van der Waals surface area contributed by atoms with Gasteiger partial charge >= 0.3 is 0 Å². The summed E-state index contributed by atoms with van der Waals surface area (Å²) in [6.07, 6.45) is 4.18. The predicted molar refractivity (Wildman–Crippen MR) is 156 cm³/mol. The van der Waals surface area contributed by atoms with Crippen molar-refractivity contribution < 1.29 is 24.2 Å². The maximum absolute atomic E-state index is 14.8. The minimum Gasteiger partial charge on any atom is -0.394 e. The van der Waals surface area contributed by atoms with Gasteiger partial charge in [-0.1, -0.05) is 56.7 Å². The van der Waals surface area contributed by atoms with Crippen LogP contribution in [0.25, 0.3) is 0 Å². The number of anilines is 1. The van der Waals surface area contributed by atoms with Crippen molar-refractivity contribution in [1.82, 2.24) is 9.80 Å². The minimum atomic E-state index is -1.23. The molecule has 8 nitrogen and oxygen atoms in total. The van der Waals surface area contributed by atoms with Crippen molar-refractivity contribution in [1.29, 1.82) is 0 Å². The molecule has 4 rings (SSSR count). The van der Waals surface area contributed by atoms with Gasteiger partial charge in [-0.05, 0) is 43.7 Å². The van der Waals surface area contributed by atoms with Crippen LogP contribution in [0.1, 0.15) is 40.5 Å². The molecular formula is C31H42ClN3O5. The van der Waals surface area contributed by atoms with Gasteiger partial charge in [0, 0.05) is 20.1 Å². The summed E-state index contributed by atoms with van der Waals surface area (Å²) >= 11 is 6.55. The first-order chi connectivity index (χ1) is 18.9. The molecule has 3 unspecified atom stereocenters. The fourth-order valence-electron chi connectivity index (χ4n) is 7.32. The molecule has 1 aromatic rings. The summed E-state index contributed by atoms with van der Waals surface area (Å²) in [6.45, 7) is 15.7. The number of benzene rings is 1. The van der Waals surface area contributed by atoms with Gasteiger partial charge in [0.2, 0.25) is 11.8 Å². The van der Waals surface area contributed by atoms with Crippen LogP contribution in [0, 0.1) is 23.7 Å². The van der Waals surface area contributed by atoms with Crippen molar-refractivity contribution in [2.75, 3.05) is 31.6 Å². The second kappa shape index (κ2) is 11.3. The number of ether oxygens (including phenoxy) is 1. The monoisotopic (exact) mass is 571 g/mol. The van der Waals surface area contributed by atoms with Crippen LogP contribution in [0.4, 0.5) is 5.69 Å². The molecule has 9 heteroatoms. The van der Waals surface area contributed by atoms with Crippen LogP contribution in [-0.4, -0.2) is 82.7 Å². The Balaban J connectivity index is 1.90. The Labute approximate surface area is 242 Å². The lowest BCUT2D eigenvalue weighted by atomic mass is 9.62. The molecule has 3 amide bonds. The van der Waals surface area contributed by atoms with E-state index in [-0.39, 0.29) is 42.7 Å². The zero-order chi connectivity index (χ0) is 29.6. The predicted octanol–water partition coefficient (Wildman–Crippen LogP) is 3.92. The number of aliphatic hydroxyl groups excluding tert-OH is 1. The Morgan fingerprint density at radius 1 is 1.23 bits per heavy atom. The van der Waals surface area contributed by atoms with Gasteiger partial charge in [0.25, 0.3) is 5.91 Å². The standard InChI is InChI=1S/C31H42ClN3O5/c1-8-14-33(7)27(37)24-25-28(38)35(21(18-36)16-19(3)4)26(31(25)17-20(5)30(24,6)40-31)29(39)34(15-9-2)23-13-11-10-12-22(23)32/h8-13,19-21,24-26,36H,1-2,14-18H2,3-7H3/t20?,21-,24+,25+,26?,30-,31?/m1/s1. The van der Waals surface area contributed by atoms with E-state index in [9.17, 15) is 19.5 Å². The van der Waals surface area contributed by atoms with Crippen molar-refractivity contribution in [3.8, 4) is 0 Å². The molecule has 40 heavy (non-hydrogen) atoms. The summed E-state index contributed by atoms with van der Waals surface area (Å²) in [5.41, 5.74) is -1.67. The molecule has 7 atom stereocenters. The maximum atomic E-state index is 14.8. The van der Waals surface area contributed by atoms with Crippen LogP contribution in [-0.2, 0) is 19.1 Å². The lowest BCUT2D eigenvalue weighted by molar-refractivity contribution is -0.153. The zero-order valence-electron chi connectivity index (χ0n) is 24.2. The first-order valence-corrected chi connectivity index (χ1v) is 14.4. The maximum Gasteiger partial charge on any atom is 0.253 e. The number of fused-ring (bicyclic) bond motifs is 1. The fourth-order valence-corrected chi connectivity index (χ4v) is 7.56. The number of likely N-dealkylation sites (N-methyl/N-ethyl adjacent to an activating group) is 1. The molecule has 0 aliphatic carbocycles. The molecule has 1 spiro atoms. The topological polar surface area (TPSA) is 90.4 Å². The Morgan fingerprint density at radius 3 is 2.45 bits per heavy atom. The molecule has 3 aliphatic rings. The van der Waals surface area contributed by atoms with E-state index in [1.807, 2.05) is 27.7 Å². The minimum absolute atomic E-state index is 0.0938. The molecule has 3 heterocycles. The number of aliphatic hydroxyl groups is 1. The van der Waals surface area contributed by atoms with E-state index < -0.39 is 35.1 Å². The Hall–Kier alpha value is -2.68. The molecule has 1 aromatic carbocycles. The molecule has 0 aromatic heterocycles. The number of likely N-dealkylation sites (tertiary alicyclic amines) is 1. The van der Waals surface area contributed by atoms with Crippen LogP contribution in [0.5, 0.6) is 0 Å². The Kier molecular flexibility index (Phi) is 8.56. The zero-order valence-corrected chi connectivity index (χ0v) is 24.9. The highest BCUT2D eigenvalue weighted by Gasteiger charge is 2.80. The smallest absolute Gasteiger partial charge is 0.253 e. The average Bonchev–Trinajstić information content (AvgIpc) is 3.42. The second-order valence-corrected chi connectivity index (χ2v) is 12.5. The van der Waals surface area contributed by atoms with Crippen LogP contribution in [0.15, 0.2) is 49.6 Å². The molecular weight excluding hydrogens is 530 g/mol. The third kappa shape index (κ3) is 4.58. The molecule has 0 radical (unpaired) electrons. The SMILES string of the molecule is C=CCN(C)C(=O)[C@@H]1[C@H]2C(=O)N([C@@H](CO)CC(C)C)C(C(=O)N(CC=C)c3ccccc3Cl)C23CC(C)[C@@]1(C)O3. The van der Waals surface area contributed by atoms with Gasteiger partial charge in [-0.15, -0.1) is 13.2 Å². The van der Waals surface area contributed by atoms with Crippen molar-refractivity contribution in [2.45, 2.75) is 63.8 Å². The number of hydrogen-bond donors (Lipinski definition) is 1. The van der Waals surface area contributed by atoms with E-state index in [0.29, 0.717) is 30.1 Å². The van der Waals surface area contributed by atoms with Crippen LogP contribution < -0.4 is 4.90 Å². The summed E-state index contributed by atoms with van der Waals surface area (Å²) < 4.78 is 6.85. The quantitative estimate of drug-likeness (QED) is 0.407. The molecule has 3 saturated heterocycles. The van der Waals surface area contributed by atoms with Gasteiger partial charge < -0.3 is 24.5 Å². The van der Waals surface area contributed by atoms with Gasteiger partial charge in [0.1, 0.15) is 11.6 Å². The molecule has 3 aliphatic heterocycles. The van der Waals surface area contributed by atoms with Gasteiger partial charge in [0.15, 0.2) is 0 Å². The van der Waals surface area contributed by atoms with Crippen molar-refractivity contribution >= 4 is 35.0 Å². The van der Waals surface area contributed by atoms with Gasteiger partial charge in [-0.25, -0.2) is 0 Å². The number of rotatable bonds is 11. The second-order valence-electron chi connectivity index (χ2n) is 12.1. The van der Waals surface area contributed by atoms with Gasteiger partial charge in [-0.3, -0.25) is 14.4 Å². The number of amides is 3. The first kappa shape index (κ1) is 30.3. The van der Waals surface area contributed by atoms with Crippen molar-refractivity contribution in [3.05, 3.63) is 54.6 Å². The largest absolute Gasteiger partial charge is 0.394 e. The molecule has 1 N–H and O–H groups in total. The van der Waals surface area contributed by atoms with Gasteiger partial charge in [0.05, 0.1) is 40.8 Å². The Bertz CT molecular complexity index is 1190. The summed E-state index contributed by atoms with van der Waals surface area (Å²) in [5.74, 6) is -2.48. The van der Waals surface area contributed by atoms with E-state index in [0.717, 1.165) is 0 Å². The third-order valence-electron chi connectivity index (χ3n) is 9.10. The van der Waals surface area contributed by atoms with E-state index >= 15 is 0 Å². The normalized spacial score (nSPS) is 31.3. The van der Waals surface area contributed by atoms with E-state index in [1.54, 1.807) is 48.4 Å². The number of halogens is 1. The molecule has 3 fully saturated rings. The number of carbonyl (C=O) groups is 3. The lowest BCUT2D eigenvalue weighted by Gasteiger charge is -2.40. The lowest BCUT2D eigenvalue weighted by Crippen LogP contribution is -2.59. The summed E-state index contributed by atoms with van der Waals surface area (Å²) in [5, 5.41) is 10.9. The highest BCUT2D eigenvalue weighted by molar-refractivity contribution is 6.34. The average molecular weight is 572 g/mol. The van der Waals surface area contributed by atoms with Crippen molar-refractivity contribution in [2.24, 2.45) is 23.7 Å². The van der Waals surface area contributed by atoms with E-state index in [1.165, 1.54) is 9.80 Å². The van der Waals surface area contributed by atoms with Crippen molar-refractivity contribution in [3.63, 3.8) is 0 Å². The molecule has 218 valence electrons. The number of nitrogens with zero attached hydrogens (tertiary/aromatic N) is 3. The van der Waals surface area contributed by atoms with E-state index in [2.05, 4.69) is 13.2 Å². The first-order valence-electron chi connectivity index (χ1n) is 14.0. The van der Waals surface area contributed by atoms with Gasteiger partial charge in [-0.2, -0.15) is 0 Å². The Morgan fingerprint density at radius 2 is 1.88 bits per heavy atom. The van der Waals surface area contributed by atoms with Crippen LogP contribution in [0.2, 0.25) is 5.02 Å². The highest BCUT2D eigenvalue weighted by Crippen LogP contribution is 2.66. The highest BCUT2D eigenvalue weighted by atomic mass is 35.5. The number of carbonyl (C=O) groups excluding carboxylic acids is 3. The van der Waals surface area contributed by atoms with Crippen LogP contribution >= 0.6 is 11.6 Å². The summed E-state index contributed by atoms with van der Waals surface area (Å²) in [6, 6.07) is 5.37. The molecule has 0 saturated carbocycles. The summed E-state index contributed by atoms with van der Waals surface area (Å²) in [4.78, 5) is 47.8. The number of para-hydroxylation sites is 1. The van der Waals surface area contributed by atoms with Crippen LogP contribution in [0.3, 0.4) is 0 Å².